The van der Waals surface area contributed by atoms with E-state index in [-0.39, 0.29) is 50.7 Å². The summed E-state index contributed by atoms with van der Waals surface area (Å²) in [6.07, 6.45) is -0.309. The summed E-state index contributed by atoms with van der Waals surface area (Å²) in [6.45, 7) is -6.10. The van der Waals surface area contributed by atoms with Crippen molar-refractivity contribution in [3.05, 3.63) is 63.8 Å². The molecule has 186 valence electrons. The molecule has 3 aromatic rings. The number of nitriles is 1. The molecule has 6 heteroatoms. The number of benzene rings is 2. The first-order valence-corrected chi connectivity index (χ1v) is 12.1. The Labute approximate surface area is 225 Å². The lowest BCUT2D eigenvalue weighted by molar-refractivity contribution is 0.0115. The number of rotatable bonds is 3. The molecule has 0 bridgehead atoms. The minimum atomic E-state index is -2.33. The number of nitrogens with one attached hydrogen (secondary N) is 1. The van der Waals surface area contributed by atoms with Crippen molar-refractivity contribution in [2.75, 3.05) is 44.1 Å². The van der Waals surface area contributed by atoms with Crippen LogP contribution in [0.2, 0.25) is 0 Å². The Balaban J connectivity index is 1.45. The average Bonchev–Trinajstić information content (AvgIpc) is 3.29. The van der Waals surface area contributed by atoms with Crippen molar-refractivity contribution in [3.63, 3.8) is 0 Å². The number of hydrogen-bond acceptors (Lipinski definition) is 5. The normalized spacial score (nSPS) is 29.5. The van der Waals surface area contributed by atoms with Gasteiger partial charge in [-0.05, 0) is 54.7 Å². The number of carbonyl (C=O) groups excluding carboxylic acids is 1. The largest absolute Gasteiger partial charge is 0.379 e. The zero-order valence-corrected chi connectivity index (χ0v) is 20.4. The Morgan fingerprint density at radius 3 is 2.72 bits per heavy atom. The van der Waals surface area contributed by atoms with Crippen LogP contribution in [-0.2, 0) is 16.6 Å². The highest BCUT2D eigenvalue weighted by molar-refractivity contribution is 6.20. The maximum atomic E-state index is 14.1. The second-order valence-corrected chi connectivity index (χ2v) is 9.99. The van der Waals surface area contributed by atoms with Crippen molar-refractivity contribution in [1.82, 2.24) is 9.88 Å². The number of aryl methyl sites for hydroxylation is 1. The first kappa shape index (κ1) is 15.2. The molecule has 3 heterocycles. The number of aromatic nitrogens is 1. The van der Waals surface area contributed by atoms with E-state index < -0.39 is 37.6 Å². The fourth-order valence-corrected chi connectivity index (χ4v) is 5.53. The Kier molecular flexibility index (Phi) is 3.70. The van der Waals surface area contributed by atoms with Crippen molar-refractivity contribution in [1.29, 1.82) is 5.26 Å². The van der Waals surface area contributed by atoms with E-state index >= 15 is 0 Å². The molecule has 36 heavy (non-hydrogen) atoms. The number of ether oxygens (including phenoxy) is 1. The number of piperidine rings is 1. The molecule has 0 radical (unpaired) electrons. The molecule has 2 aliphatic heterocycles. The third-order valence-electron chi connectivity index (χ3n) is 7.59. The molecule has 0 amide bonds. The predicted molar refractivity (Wildman–Crippen MR) is 142 cm³/mol. The van der Waals surface area contributed by atoms with Gasteiger partial charge in [-0.25, -0.2) is 0 Å². The van der Waals surface area contributed by atoms with E-state index in [1.807, 2.05) is 13.8 Å². The number of hydrogen-bond donors (Lipinski definition) is 1. The van der Waals surface area contributed by atoms with Gasteiger partial charge in [0.2, 0.25) is 0 Å². The van der Waals surface area contributed by atoms with Crippen molar-refractivity contribution < 1.29 is 21.9 Å². The molecule has 2 saturated heterocycles. The standard InChI is InChI=1S/C30H34N4O2/c1-4-20-16-23-24(17-26(20)34-9-7-21(8-10-34)33-11-13-36-14-12-33)30(2,3)29-27(28(23)35)22-6-5-19(18-31)15-25(22)32-29/h5-6,15-17,21,32H,4,7-14H2,1-3H3/i1D,9D2,10D2,13D2,14D2. The zero-order valence-electron chi connectivity index (χ0n) is 29.4. The van der Waals surface area contributed by atoms with Crippen LogP contribution >= 0.6 is 0 Å². The van der Waals surface area contributed by atoms with E-state index in [1.165, 1.54) is 4.90 Å². The Hall–Kier alpha value is -3.14. The zero-order chi connectivity index (χ0) is 32.9. The molecule has 1 aliphatic carbocycles. The van der Waals surface area contributed by atoms with Crippen molar-refractivity contribution in [3.8, 4) is 6.07 Å². The smallest absolute Gasteiger partial charge is 0.195 e. The van der Waals surface area contributed by atoms with Gasteiger partial charge in [-0.2, -0.15) is 5.26 Å². The molecule has 0 atom stereocenters. The van der Waals surface area contributed by atoms with Crippen LogP contribution < -0.4 is 4.90 Å². The monoisotopic (exact) mass is 491 g/mol. The summed E-state index contributed by atoms with van der Waals surface area (Å²) >= 11 is 0. The summed E-state index contributed by atoms with van der Waals surface area (Å²) in [5.74, 6) is -0.242. The molecule has 0 spiro atoms. The van der Waals surface area contributed by atoms with E-state index in [1.54, 1.807) is 30.3 Å². The molecule has 1 aromatic heterocycles. The number of H-pyrrole nitrogens is 1. The van der Waals surface area contributed by atoms with Gasteiger partial charge in [-0.1, -0.05) is 26.8 Å². The minimum Gasteiger partial charge on any atom is -0.379 e. The number of carbonyl (C=O) groups is 1. The Morgan fingerprint density at radius 2 is 2.00 bits per heavy atom. The van der Waals surface area contributed by atoms with Gasteiger partial charge in [0.1, 0.15) is 0 Å². The van der Waals surface area contributed by atoms with Crippen molar-refractivity contribution in [2.45, 2.75) is 51.5 Å². The van der Waals surface area contributed by atoms with E-state index in [0.717, 1.165) is 4.90 Å². The first-order chi connectivity index (χ1) is 20.8. The number of nitrogens with zero attached hydrogens (tertiary/aromatic N) is 3. The lowest BCUT2D eigenvalue weighted by Crippen LogP contribution is -2.49. The number of morpholine rings is 1. The molecule has 6 nitrogen and oxygen atoms in total. The van der Waals surface area contributed by atoms with E-state index in [0.29, 0.717) is 44.4 Å². The molecule has 2 fully saturated rings. The van der Waals surface area contributed by atoms with Gasteiger partial charge in [0, 0.05) is 72.2 Å². The Morgan fingerprint density at radius 1 is 1.22 bits per heavy atom. The topological polar surface area (TPSA) is 72.4 Å². The number of ketones is 1. The van der Waals surface area contributed by atoms with E-state index in [9.17, 15) is 10.1 Å². The van der Waals surface area contributed by atoms with Crippen LogP contribution in [-0.4, -0.2) is 60.9 Å². The lowest BCUT2D eigenvalue weighted by Gasteiger charge is -2.42. The summed E-state index contributed by atoms with van der Waals surface area (Å²) in [7, 11) is 0. The van der Waals surface area contributed by atoms with Crippen LogP contribution in [0.4, 0.5) is 5.69 Å². The van der Waals surface area contributed by atoms with Gasteiger partial charge >= 0.3 is 0 Å². The average molecular weight is 492 g/mol. The summed E-state index contributed by atoms with van der Waals surface area (Å²) in [4.78, 5) is 19.9. The summed E-state index contributed by atoms with van der Waals surface area (Å²) in [5.41, 5.74) is 3.13. The van der Waals surface area contributed by atoms with Gasteiger partial charge < -0.3 is 14.6 Å². The maximum Gasteiger partial charge on any atom is 0.195 e. The van der Waals surface area contributed by atoms with Crippen molar-refractivity contribution >= 4 is 22.4 Å². The molecular weight excluding hydrogens is 448 g/mol. The minimum absolute atomic E-state index is 0.0704. The number of fused-ring (bicyclic) bond motifs is 4. The molecule has 0 unspecified atom stereocenters. The van der Waals surface area contributed by atoms with Crippen LogP contribution in [0, 0.1) is 11.3 Å². The van der Waals surface area contributed by atoms with Crippen LogP contribution in [0.1, 0.15) is 84.2 Å². The third-order valence-corrected chi connectivity index (χ3v) is 7.59. The summed E-state index contributed by atoms with van der Waals surface area (Å²) < 4.78 is 81.5. The first-order valence-electron chi connectivity index (χ1n) is 16.8. The van der Waals surface area contributed by atoms with Gasteiger partial charge in [0.05, 0.1) is 35.8 Å². The van der Waals surface area contributed by atoms with Gasteiger partial charge in [-0.3, -0.25) is 9.69 Å². The second-order valence-electron chi connectivity index (χ2n) is 9.99. The van der Waals surface area contributed by atoms with Crippen LogP contribution in [0.25, 0.3) is 10.9 Å². The predicted octanol–water partition coefficient (Wildman–Crippen LogP) is 4.77. The molecule has 0 saturated carbocycles. The van der Waals surface area contributed by atoms with Crippen molar-refractivity contribution in [2.24, 2.45) is 0 Å². The quantitative estimate of drug-likeness (QED) is 0.571. The van der Waals surface area contributed by atoms with Gasteiger partial charge in [-0.15, -0.1) is 0 Å². The van der Waals surface area contributed by atoms with Gasteiger partial charge in [0.25, 0.3) is 0 Å². The number of anilines is 1. The van der Waals surface area contributed by atoms with Gasteiger partial charge in [0.15, 0.2) is 5.78 Å². The van der Waals surface area contributed by atoms with Crippen LogP contribution in [0.15, 0.2) is 30.3 Å². The lowest BCUT2D eigenvalue weighted by atomic mass is 9.70. The summed E-state index contributed by atoms with van der Waals surface area (Å²) in [6, 6.07) is 9.74. The van der Waals surface area contributed by atoms with E-state index in [4.69, 9.17) is 17.1 Å². The highest BCUT2D eigenvalue weighted by Crippen LogP contribution is 2.46. The maximum absolute atomic E-state index is 14.1. The highest BCUT2D eigenvalue weighted by atomic mass is 16.5. The molecule has 2 aromatic carbocycles. The molecule has 1 N–H and O–H groups in total. The molecule has 3 aliphatic rings. The van der Waals surface area contributed by atoms with Crippen LogP contribution in [0.3, 0.4) is 0 Å². The SMILES string of the molecule is [2H]CCc1cc2c(cc1N1C([2H])([2H])CC(N3CC([2H])([2H])OC([2H])([2H])C3)CC1([2H])[2H])C(C)(C)c1[nH]c3cc(C#N)ccc3c1C2=O. The fraction of sp³-hybridized carbons (Fsp3) is 0.467. The van der Waals surface area contributed by atoms with E-state index in [2.05, 4.69) is 11.1 Å². The van der Waals surface area contributed by atoms with Crippen LogP contribution in [0.5, 0.6) is 0 Å². The number of aromatic amines is 1. The second kappa shape index (κ2) is 8.76. The fourth-order valence-electron chi connectivity index (χ4n) is 5.53. The molecule has 6 rings (SSSR count). The highest BCUT2D eigenvalue weighted by Gasteiger charge is 2.40. The summed E-state index contributed by atoms with van der Waals surface area (Å²) in [5, 5.41) is 10.1. The third kappa shape index (κ3) is 3.56. The molecular formula is C30H34N4O2. The Bertz CT molecular complexity index is 1730.